The number of nitrogens with two attached hydrogens (primary N) is 1. The van der Waals surface area contributed by atoms with E-state index < -0.39 is 0 Å². The van der Waals surface area contributed by atoms with Gasteiger partial charge in [0.15, 0.2) is 0 Å². The van der Waals surface area contributed by atoms with Crippen LogP contribution in [-0.2, 0) is 10.2 Å². The second-order valence-electron chi connectivity index (χ2n) is 5.38. The van der Waals surface area contributed by atoms with E-state index in [1.165, 1.54) is 0 Å². The Bertz CT molecular complexity index is 618. The molecule has 0 aromatic heterocycles. The number of nitrogens with one attached hydrogen (secondary N) is 1. The van der Waals surface area contributed by atoms with Crippen LogP contribution in [0.4, 0.5) is 11.4 Å². The number of benzene rings is 2. The largest absolute Gasteiger partial charge is 0.399 e. The van der Waals surface area contributed by atoms with Gasteiger partial charge in [0.1, 0.15) is 0 Å². The van der Waals surface area contributed by atoms with Gasteiger partial charge in [-0.15, -0.1) is 0 Å². The van der Waals surface area contributed by atoms with Gasteiger partial charge in [0.05, 0.1) is 5.41 Å². The van der Waals surface area contributed by atoms with Crippen LogP contribution in [0.15, 0.2) is 54.6 Å². The molecule has 1 aliphatic carbocycles. The molecule has 0 unspecified atom stereocenters. The van der Waals surface area contributed by atoms with E-state index in [1.54, 1.807) is 6.07 Å². The van der Waals surface area contributed by atoms with E-state index in [1.807, 2.05) is 48.5 Å². The SMILES string of the molecule is Nc1cccc(NC(=O)C2(c3ccccc3)CCC2)c1. The average Bonchev–Trinajstić information content (AvgIpc) is 2.38. The van der Waals surface area contributed by atoms with E-state index in [0.717, 1.165) is 30.5 Å². The molecule has 1 saturated carbocycles. The summed E-state index contributed by atoms with van der Waals surface area (Å²) in [4.78, 5) is 12.7. The molecule has 3 rings (SSSR count). The Hall–Kier alpha value is -2.29. The van der Waals surface area contributed by atoms with E-state index >= 15 is 0 Å². The van der Waals surface area contributed by atoms with Crippen LogP contribution >= 0.6 is 0 Å². The molecule has 2 aromatic carbocycles. The van der Waals surface area contributed by atoms with Crippen LogP contribution in [0.5, 0.6) is 0 Å². The molecule has 0 atom stereocenters. The Balaban J connectivity index is 1.85. The molecular formula is C17H18N2O. The van der Waals surface area contributed by atoms with Gasteiger partial charge in [-0.1, -0.05) is 42.8 Å². The van der Waals surface area contributed by atoms with Gasteiger partial charge in [0.2, 0.25) is 5.91 Å². The number of rotatable bonds is 3. The Morgan fingerprint density at radius 1 is 1.05 bits per heavy atom. The van der Waals surface area contributed by atoms with Crippen molar-refractivity contribution in [2.24, 2.45) is 0 Å². The maximum Gasteiger partial charge on any atom is 0.235 e. The first-order valence-corrected chi connectivity index (χ1v) is 6.93. The molecule has 2 aromatic rings. The first-order valence-electron chi connectivity index (χ1n) is 6.93. The number of amides is 1. The van der Waals surface area contributed by atoms with Crippen LogP contribution in [0.2, 0.25) is 0 Å². The summed E-state index contributed by atoms with van der Waals surface area (Å²) in [6.07, 6.45) is 2.91. The molecule has 0 spiro atoms. The molecule has 3 N–H and O–H groups in total. The summed E-state index contributed by atoms with van der Waals surface area (Å²) >= 11 is 0. The third-order valence-corrected chi connectivity index (χ3v) is 4.11. The lowest BCUT2D eigenvalue weighted by atomic mass is 9.64. The highest BCUT2D eigenvalue weighted by atomic mass is 16.2. The topological polar surface area (TPSA) is 55.1 Å². The minimum Gasteiger partial charge on any atom is -0.399 e. The van der Waals surface area contributed by atoms with Crippen LogP contribution in [0.25, 0.3) is 0 Å². The second kappa shape index (κ2) is 5.00. The molecule has 0 saturated heterocycles. The molecule has 1 amide bonds. The smallest absolute Gasteiger partial charge is 0.235 e. The van der Waals surface area contributed by atoms with Crippen molar-refractivity contribution in [1.29, 1.82) is 0 Å². The fraction of sp³-hybridized carbons (Fsp3) is 0.235. The highest BCUT2D eigenvalue weighted by Gasteiger charge is 2.45. The minimum atomic E-state index is -0.369. The molecule has 20 heavy (non-hydrogen) atoms. The molecule has 0 bridgehead atoms. The predicted molar refractivity (Wildman–Crippen MR) is 81.5 cm³/mol. The quantitative estimate of drug-likeness (QED) is 0.837. The van der Waals surface area contributed by atoms with E-state index in [2.05, 4.69) is 5.32 Å². The fourth-order valence-corrected chi connectivity index (χ4v) is 2.80. The highest BCUT2D eigenvalue weighted by molar-refractivity contribution is 6.00. The van der Waals surface area contributed by atoms with Crippen molar-refractivity contribution in [3.05, 3.63) is 60.2 Å². The number of hydrogen-bond donors (Lipinski definition) is 2. The maximum atomic E-state index is 12.7. The predicted octanol–water partition coefficient (Wildman–Crippen LogP) is 3.33. The number of anilines is 2. The molecule has 0 heterocycles. The Kier molecular flexibility index (Phi) is 3.18. The fourth-order valence-electron chi connectivity index (χ4n) is 2.80. The van der Waals surface area contributed by atoms with Crippen molar-refractivity contribution in [3.8, 4) is 0 Å². The Morgan fingerprint density at radius 3 is 2.40 bits per heavy atom. The van der Waals surface area contributed by atoms with Crippen molar-refractivity contribution < 1.29 is 4.79 Å². The zero-order valence-electron chi connectivity index (χ0n) is 11.3. The van der Waals surface area contributed by atoms with Gasteiger partial charge in [0.25, 0.3) is 0 Å². The van der Waals surface area contributed by atoms with Crippen LogP contribution < -0.4 is 11.1 Å². The summed E-state index contributed by atoms with van der Waals surface area (Å²) in [7, 11) is 0. The third kappa shape index (κ3) is 2.16. The highest BCUT2D eigenvalue weighted by Crippen LogP contribution is 2.44. The second-order valence-corrected chi connectivity index (χ2v) is 5.38. The summed E-state index contributed by atoms with van der Waals surface area (Å²) in [5.74, 6) is 0.0700. The molecule has 1 aliphatic rings. The number of carbonyl (C=O) groups excluding carboxylic acids is 1. The Labute approximate surface area is 118 Å². The standard InChI is InChI=1S/C17H18N2O/c18-14-8-4-9-15(12-14)19-16(20)17(10-5-11-17)13-6-2-1-3-7-13/h1-4,6-9,12H,5,10-11,18H2,(H,19,20). The summed E-state index contributed by atoms with van der Waals surface area (Å²) in [6.45, 7) is 0. The zero-order valence-corrected chi connectivity index (χ0v) is 11.3. The first-order chi connectivity index (χ1) is 9.71. The van der Waals surface area contributed by atoms with Crippen molar-refractivity contribution in [3.63, 3.8) is 0 Å². The van der Waals surface area contributed by atoms with E-state index in [4.69, 9.17) is 5.73 Å². The van der Waals surface area contributed by atoms with Gasteiger partial charge in [-0.25, -0.2) is 0 Å². The lowest BCUT2D eigenvalue weighted by Gasteiger charge is -2.40. The van der Waals surface area contributed by atoms with Crippen molar-refractivity contribution >= 4 is 17.3 Å². The van der Waals surface area contributed by atoms with Gasteiger partial charge in [-0.05, 0) is 36.6 Å². The monoisotopic (exact) mass is 266 g/mol. The van der Waals surface area contributed by atoms with Crippen molar-refractivity contribution in [1.82, 2.24) is 0 Å². The van der Waals surface area contributed by atoms with Crippen LogP contribution in [-0.4, -0.2) is 5.91 Å². The van der Waals surface area contributed by atoms with Crippen LogP contribution in [0.1, 0.15) is 24.8 Å². The van der Waals surface area contributed by atoms with Crippen molar-refractivity contribution in [2.45, 2.75) is 24.7 Å². The summed E-state index contributed by atoms with van der Waals surface area (Å²) in [6, 6.07) is 17.3. The average molecular weight is 266 g/mol. The molecule has 0 aliphatic heterocycles. The van der Waals surface area contributed by atoms with Gasteiger partial charge in [-0.3, -0.25) is 4.79 Å². The van der Waals surface area contributed by atoms with Gasteiger partial charge >= 0.3 is 0 Å². The van der Waals surface area contributed by atoms with Crippen molar-refractivity contribution in [2.75, 3.05) is 11.1 Å². The number of nitrogen functional groups attached to an aromatic ring is 1. The lowest BCUT2D eigenvalue weighted by Crippen LogP contribution is -2.45. The summed E-state index contributed by atoms with van der Waals surface area (Å²) in [5, 5.41) is 3.01. The third-order valence-electron chi connectivity index (χ3n) is 4.11. The van der Waals surface area contributed by atoms with E-state index in [0.29, 0.717) is 5.69 Å². The molecule has 3 heteroatoms. The maximum absolute atomic E-state index is 12.7. The number of carbonyl (C=O) groups is 1. The summed E-state index contributed by atoms with van der Waals surface area (Å²) < 4.78 is 0. The number of hydrogen-bond acceptors (Lipinski definition) is 2. The lowest BCUT2D eigenvalue weighted by molar-refractivity contribution is -0.124. The normalized spacial score (nSPS) is 16.2. The van der Waals surface area contributed by atoms with E-state index in [9.17, 15) is 4.79 Å². The molecule has 3 nitrogen and oxygen atoms in total. The molecule has 102 valence electrons. The first kappa shape index (κ1) is 12.7. The molecular weight excluding hydrogens is 248 g/mol. The van der Waals surface area contributed by atoms with E-state index in [-0.39, 0.29) is 11.3 Å². The molecule has 1 fully saturated rings. The van der Waals surface area contributed by atoms with Crippen LogP contribution in [0.3, 0.4) is 0 Å². The summed E-state index contributed by atoms with van der Waals surface area (Å²) in [5.41, 5.74) is 7.90. The minimum absolute atomic E-state index is 0.0700. The van der Waals surface area contributed by atoms with Gasteiger partial charge in [0, 0.05) is 11.4 Å². The Morgan fingerprint density at radius 2 is 1.80 bits per heavy atom. The zero-order chi connectivity index (χ0) is 14.0. The van der Waals surface area contributed by atoms with Gasteiger partial charge < -0.3 is 11.1 Å². The molecule has 0 radical (unpaired) electrons. The van der Waals surface area contributed by atoms with Crippen LogP contribution in [0, 0.1) is 0 Å². The van der Waals surface area contributed by atoms with Gasteiger partial charge in [-0.2, -0.15) is 0 Å².